The molecule has 2 aliphatic rings. The highest BCUT2D eigenvalue weighted by Crippen LogP contribution is 2.32. The molecule has 1 aliphatic carbocycles. The Balaban J connectivity index is 1.80. The van der Waals surface area contributed by atoms with Crippen LogP contribution in [0.3, 0.4) is 0 Å². The van der Waals surface area contributed by atoms with Crippen LogP contribution in [0.1, 0.15) is 52.4 Å². The number of nitrogens with zero attached hydrogens (tertiary/aromatic N) is 1. The van der Waals surface area contributed by atoms with Gasteiger partial charge in [0.15, 0.2) is 0 Å². The Morgan fingerprint density at radius 1 is 1.29 bits per heavy atom. The molecule has 0 aromatic rings. The average Bonchev–Trinajstić information content (AvgIpc) is 2.52. The molecule has 1 unspecified atom stereocenters. The van der Waals surface area contributed by atoms with Gasteiger partial charge in [0, 0.05) is 25.7 Å². The molecule has 1 N–H and O–H groups in total. The van der Waals surface area contributed by atoms with Crippen molar-refractivity contribution < 1.29 is 9.84 Å². The normalized spacial score (nSPS) is 28.6. The third-order valence-corrected chi connectivity index (χ3v) is 4.19. The van der Waals surface area contributed by atoms with Crippen molar-refractivity contribution in [2.75, 3.05) is 19.7 Å². The van der Waals surface area contributed by atoms with Crippen LogP contribution in [0.4, 0.5) is 0 Å². The fourth-order valence-corrected chi connectivity index (χ4v) is 2.92. The second-order valence-corrected chi connectivity index (χ2v) is 6.20. The summed E-state index contributed by atoms with van der Waals surface area (Å²) in [6.07, 6.45) is 7.71. The van der Waals surface area contributed by atoms with Crippen LogP contribution in [0.5, 0.6) is 0 Å². The first kappa shape index (κ1) is 13.3. The summed E-state index contributed by atoms with van der Waals surface area (Å²) in [6.45, 7) is 6.78. The Bertz CT molecular complexity index is 238. The van der Waals surface area contributed by atoms with E-state index in [1.165, 1.54) is 32.1 Å². The summed E-state index contributed by atoms with van der Waals surface area (Å²) in [6, 6.07) is 0.758. The predicted molar refractivity (Wildman–Crippen MR) is 69.1 cm³/mol. The fourth-order valence-electron chi connectivity index (χ4n) is 2.92. The lowest BCUT2D eigenvalue weighted by Gasteiger charge is -2.39. The SMILES string of the molecule is CC1(C)CCC(CN(CCCO)C2CCC2)O1. The molecule has 1 saturated carbocycles. The standard InChI is InChI=1S/C14H27NO2/c1-14(2)8-7-13(17-14)11-15(9-4-10-16)12-5-3-6-12/h12-13,16H,3-11H2,1-2H3. The zero-order chi connectivity index (χ0) is 12.3. The number of aliphatic hydroxyl groups excluding tert-OH is 1. The Hall–Kier alpha value is -0.120. The van der Waals surface area contributed by atoms with E-state index in [4.69, 9.17) is 9.84 Å². The average molecular weight is 241 g/mol. The van der Waals surface area contributed by atoms with E-state index in [0.717, 1.165) is 25.6 Å². The topological polar surface area (TPSA) is 32.7 Å². The van der Waals surface area contributed by atoms with E-state index >= 15 is 0 Å². The molecule has 0 aromatic carbocycles. The molecular weight excluding hydrogens is 214 g/mol. The van der Waals surface area contributed by atoms with Gasteiger partial charge in [-0.25, -0.2) is 0 Å². The van der Waals surface area contributed by atoms with Gasteiger partial charge in [0.1, 0.15) is 0 Å². The molecule has 3 nitrogen and oxygen atoms in total. The largest absolute Gasteiger partial charge is 0.396 e. The van der Waals surface area contributed by atoms with Crippen molar-refractivity contribution in [3.63, 3.8) is 0 Å². The highest BCUT2D eigenvalue weighted by atomic mass is 16.5. The first-order chi connectivity index (χ1) is 8.11. The summed E-state index contributed by atoms with van der Waals surface area (Å²) in [5, 5.41) is 8.97. The van der Waals surface area contributed by atoms with Crippen LogP contribution in [0.25, 0.3) is 0 Å². The van der Waals surface area contributed by atoms with Crippen molar-refractivity contribution in [3.05, 3.63) is 0 Å². The predicted octanol–water partition coefficient (Wildman–Crippen LogP) is 2.18. The molecule has 0 amide bonds. The zero-order valence-electron chi connectivity index (χ0n) is 11.3. The molecule has 17 heavy (non-hydrogen) atoms. The van der Waals surface area contributed by atoms with Crippen LogP contribution < -0.4 is 0 Å². The van der Waals surface area contributed by atoms with Gasteiger partial charge >= 0.3 is 0 Å². The van der Waals surface area contributed by atoms with Crippen molar-refractivity contribution in [2.45, 2.75) is 70.1 Å². The Kier molecular flexibility index (Phi) is 4.45. The lowest BCUT2D eigenvalue weighted by atomic mass is 9.91. The van der Waals surface area contributed by atoms with E-state index in [2.05, 4.69) is 18.7 Å². The van der Waals surface area contributed by atoms with Crippen LogP contribution in [-0.2, 0) is 4.74 Å². The summed E-state index contributed by atoms with van der Waals surface area (Å²) < 4.78 is 6.07. The van der Waals surface area contributed by atoms with Crippen LogP contribution in [0.2, 0.25) is 0 Å². The third kappa shape index (κ3) is 3.67. The van der Waals surface area contributed by atoms with Crippen LogP contribution in [-0.4, -0.2) is 47.4 Å². The van der Waals surface area contributed by atoms with E-state index in [1.807, 2.05) is 0 Å². The van der Waals surface area contributed by atoms with Gasteiger partial charge in [-0.1, -0.05) is 6.42 Å². The number of aliphatic hydroxyl groups is 1. The van der Waals surface area contributed by atoms with Crippen LogP contribution in [0.15, 0.2) is 0 Å². The molecule has 100 valence electrons. The van der Waals surface area contributed by atoms with Crippen molar-refractivity contribution in [2.24, 2.45) is 0 Å². The van der Waals surface area contributed by atoms with Gasteiger partial charge in [-0.15, -0.1) is 0 Å². The van der Waals surface area contributed by atoms with Gasteiger partial charge in [0.25, 0.3) is 0 Å². The maximum atomic E-state index is 8.97. The van der Waals surface area contributed by atoms with E-state index in [1.54, 1.807) is 0 Å². The van der Waals surface area contributed by atoms with E-state index in [9.17, 15) is 0 Å². The van der Waals surface area contributed by atoms with Gasteiger partial charge < -0.3 is 9.84 Å². The summed E-state index contributed by atoms with van der Waals surface area (Å²) in [4.78, 5) is 2.55. The third-order valence-electron chi connectivity index (χ3n) is 4.19. The van der Waals surface area contributed by atoms with Gasteiger partial charge in [0.2, 0.25) is 0 Å². The number of hydrogen-bond donors (Lipinski definition) is 1. The van der Waals surface area contributed by atoms with Crippen LogP contribution >= 0.6 is 0 Å². The molecule has 0 aromatic heterocycles. The zero-order valence-corrected chi connectivity index (χ0v) is 11.3. The van der Waals surface area contributed by atoms with E-state index < -0.39 is 0 Å². The molecule has 1 atom stereocenters. The minimum absolute atomic E-state index is 0.0763. The molecular formula is C14H27NO2. The number of ether oxygens (including phenoxy) is 1. The second-order valence-electron chi connectivity index (χ2n) is 6.20. The molecule has 1 saturated heterocycles. The first-order valence-corrected chi connectivity index (χ1v) is 7.13. The fraction of sp³-hybridized carbons (Fsp3) is 1.00. The molecule has 0 spiro atoms. The molecule has 1 heterocycles. The van der Waals surface area contributed by atoms with E-state index in [0.29, 0.717) is 12.7 Å². The summed E-state index contributed by atoms with van der Waals surface area (Å²) >= 11 is 0. The van der Waals surface area contributed by atoms with Gasteiger partial charge in [0.05, 0.1) is 11.7 Å². The Morgan fingerprint density at radius 3 is 2.53 bits per heavy atom. The minimum atomic E-state index is 0.0763. The Labute approximate surface area is 105 Å². The lowest BCUT2D eigenvalue weighted by Crippen LogP contribution is -2.45. The van der Waals surface area contributed by atoms with E-state index in [-0.39, 0.29) is 5.60 Å². The lowest BCUT2D eigenvalue weighted by molar-refractivity contribution is -0.0394. The molecule has 2 rings (SSSR count). The molecule has 0 bridgehead atoms. The monoisotopic (exact) mass is 241 g/mol. The van der Waals surface area contributed by atoms with Crippen molar-refractivity contribution in [1.29, 1.82) is 0 Å². The number of hydrogen-bond acceptors (Lipinski definition) is 3. The maximum Gasteiger partial charge on any atom is 0.0710 e. The Morgan fingerprint density at radius 2 is 2.06 bits per heavy atom. The molecule has 0 radical (unpaired) electrons. The van der Waals surface area contributed by atoms with Gasteiger partial charge in [-0.2, -0.15) is 0 Å². The molecule has 1 aliphatic heterocycles. The van der Waals surface area contributed by atoms with Crippen LogP contribution in [0, 0.1) is 0 Å². The summed E-state index contributed by atoms with van der Waals surface area (Å²) in [5.41, 5.74) is 0.0763. The maximum absolute atomic E-state index is 8.97. The number of rotatable bonds is 6. The minimum Gasteiger partial charge on any atom is -0.396 e. The van der Waals surface area contributed by atoms with Gasteiger partial charge in [-0.3, -0.25) is 4.90 Å². The highest BCUT2D eigenvalue weighted by Gasteiger charge is 2.34. The van der Waals surface area contributed by atoms with Gasteiger partial charge in [-0.05, 0) is 46.0 Å². The highest BCUT2D eigenvalue weighted by molar-refractivity contribution is 4.86. The second kappa shape index (κ2) is 5.68. The summed E-state index contributed by atoms with van der Waals surface area (Å²) in [5.74, 6) is 0. The van der Waals surface area contributed by atoms with Crippen molar-refractivity contribution in [1.82, 2.24) is 4.90 Å². The van der Waals surface area contributed by atoms with Crippen molar-refractivity contribution >= 4 is 0 Å². The smallest absolute Gasteiger partial charge is 0.0710 e. The van der Waals surface area contributed by atoms with Crippen molar-refractivity contribution in [3.8, 4) is 0 Å². The molecule has 3 heteroatoms. The quantitative estimate of drug-likeness (QED) is 0.773. The first-order valence-electron chi connectivity index (χ1n) is 7.13. The summed E-state index contributed by atoms with van der Waals surface area (Å²) in [7, 11) is 0. The molecule has 2 fully saturated rings.